The fraction of sp³-hybridized carbons (Fsp3) is 0. The molecule has 0 saturated carbocycles. The van der Waals surface area contributed by atoms with Gasteiger partial charge in [-0.05, 0) is 0 Å². The van der Waals surface area contributed by atoms with Gasteiger partial charge in [-0.25, -0.2) is 0 Å². The molecule has 0 heterocycles. The molecule has 0 aliphatic rings. The molecule has 0 amide bonds. The molecule has 0 aliphatic heterocycles. The summed E-state index contributed by atoms with van der Waals surface area (Å²) < 4.78 is 0. The van der Waals surface area contributed by atoms with Crippen LogP contribution in [-0.2, 0) is 0 Å². The van der Waals surface area contributed by atoms with Crippen LogP contribution in [0.3, 0.4) is 0 Å². The molecular weight excluding hydrogens is 306 g/mol. The van der Waals surface area contributed by atoms with Gasteiger partial charge in [0.05, 0.1) is 0 Å². The zero-order chi connectivity index (χ0) is 14.3. The van der Waals surface area contributed by atoms with Gasteiger partial charge in [0.2, 0.25) is 0 Å². The summed E-state index contributed by atoms with van der Waals surface area (Å²) in [6, 6.07) is 0. The summed E-state index contributed by atoms with van der Waals surface area (Å²) in [5.41, 5.74) is 0. The van der Waals surface area contributed by atoms with Gasteiger partial charge in [-0.15, -0.1) is 0 Å². The van der Waals surface area contributed by atoms with E-state index < -0.39 is 29.3 Å². The van der Waals surface area contributed by atoms with Gasteiger partial charge < -0.3 is 78.1 Å². The zero-order valence-electron chi connectivity index (χ0n) is 11.2. The third-order valence-corrected chi connectivity index (χ3v) is 0. The van der Waals surface area contributed by atoms with Crippen molar-refractivity contribution in [3.8, 4) is 0 Å². The van der Waals surface area contributed by atoms with Crippen molar-refractivity contribution in [2.45, 2.75) is 0 Å². The first kappa shape index (κ1) is 49.8. The summed E-state index contributed by atoms with van der Waals surface area (Å²) in [7, 11) is -8.67. The molecule has 15 nitrogen and oxygen atoms in total. The second kappa shape index (κ2) is 42.7. The van der Waals surface area contributed by atoms with Crippen LogP contribution in [0.5, 0.6) is 0 Å². The summed E-state index contributed by atoms with van der Waals surface area (Å²) in [5.74, 6) is 0. The molecule has 20 heteroatoms. The molecule has 0 radical (unpaired) electrons. The largest absolute Gasteiger partial charge is 1.00 e. The van der Waals surface area contributed by atoms with E-state index in [4.69, 9.17) is 60.3 Å². The van der Waals surface area contributed by atoms with E-state index in [1.807, 2.05) is 0 Å². The van der Waals surface area contributed by atoms with Crippen molar-refractivity contribution in [3.63, 3.8) is 0 Å². The van der Waals surface area contributed by atoms with Crippen molar-refractivity contribution in [1.82, 2.24) is 0 Å². The zero-order valence-corrected chi connectivity index (χ0v) is 12.2. The summed E-state index contributed by atoms with van der Waals surface area (Å²) in [6.45, 7) is 0. The van der Waals surface area contributed by atoms with E-state index in [0.717, 1.165) is 0 Å². The molecule has 0 aromatic heterocycles. The summed E-state index contributed by atoms with van der Waals surface area (Å²) >= 11 is 0. The van der Waals surface area contributed by atoms with Crippen LogP contribution in [-0.4, -0.2) is 106 Å². The van der Waals surface area contributed by atoms with E-state index in [1.165, 1.54) is 0 Å². The second-order valence-corrected chi connectivity index (χ2v) is 1.39. The first-order valence-corrected chi connectivity index (χ1v) is 3.10. The molecule has 0 aromatic carbocycles. The molecule has 0 bridgehead atoms. The van der Waals surface area contributed by atoms with Gasteiger partial charge >= 0.3 is 58.8 Å². The normalized spacial score (nSPS) is 5.40. The van der Waals surface area contributed by atoms with Crippen molar-refractivity contribution in [2.75, 3.05) is 0 Å². The van der Waals surface area contributed by atoms with E-state index >= 15 is 0 Å². The fourth-order valence-electron chi connectivity index (χ4n) is 0. The Morgan fingerprint density at radius 3 is 0.350 bits per heavy atom. The molecule has 18 N–H and O–H groups in total. The second-order valence-electron chi connectivity index (χ2n) is 1.39. The number of hydrogen-bond acceptors (Lipinski definition) is 12. The van der Waals surface area contributed by atoms with Gasteiger partial charge in [0.25, 0.3) is 0 Å². The Labute approximate surface area is 137 Å². The quantitative estimate of drug-likeness (QED) is 0.184. The Morgan fingerprint density at radius 1 is 0.350 bits per heavy atom. The molecule has 0 rings (SSSR count). The van der Waals surface area contributed by atoms with Crippen molar-refractivity contribution >= 4 is 29.3 Å². The average Bonchev–Trinajstić information content (AvgIpc) is 1.76. The van der Waals surface area contributed by atoms with Crippen molar-refractivity contribution < 1.29 is 108 Å². The van der Waals surface area contributed by atoms with Gasteiger partial charge in [0, 0.05) is 0 Å². The smallest absolute Gasteiger partial charge is 1.00 e. The van der Waals surface area contributed by atoms with E-state index in [0.29, 0.717) is 0 Å². The fourth-order valence-corrected chi connectivity index (χ4v) is 0. The van der Waals surface area contributed by atoms with Gasteiger partial charge in [-0.3, -0.25) is 0 Å². The Bertz CT molecular complexity index is 68.7. The predicted molar refractivity (Wildman–Crippen MR) is 61.6 cm³/mol. The molecule has 0 fully saturated rings. The molecule has 0 unspecified atom stereocenters. The third kappa shape index (κ3) is 13400. The summed E-state index contributed by atoms with van der Waals surface area (Å²) in [5, 5.41) is 86.0. The van der Waals surface area contributed by atoms with Crippen LogP contribution in [0.25, 0.3) is 0 Å². The van der Waals surface area contributed by atoms with Crippen LogP contribution in [0.4, 0.5) is 0 Å². The van der Waals surface area contributed by atoms with E-state index in [1.54, 1.807) is 0 Å². The van der Waals surface area contributed by atoms with Crippen LogP contribution >= 0.6 is 0 Å². The standard InChI is InChI=1S/4BH3O3.Na.3H2O.H/c4*2-1(3)4;;;;;/h4*2-4H;;3*1H2;/q;;;;+1;;;;-1. The molecule has 0 atom stereocenters. The Morgan fingerprint density at radius 2 is 0.350 bits per heavy atom. The van der Waals surface area contributed by atoms with E-state index in [2.05, 4.69) is 0 Å². The Balaban J connectivity index is -0.0000000121. The predicted octanol–water partition coefficient (Wildman–Crippen LogP) is -13.6. The summed E-state index contributed by atoms with van der Waals surface area (Å²) in [6.07, 6.45) is 0. The Hall–Kier alpha value is 0.660. The maximum Gasteiger partial charge on any atom is 1.00 e. The minimum atomic E-state index is -2.17. The van der Waals surface area contributed by atoms with Gasteiger partial charge in [0.15, 0.2) is 0 Å². The molecule has 0 spiro atoms. The Kier molecular flexibility index (Phi) is 106. The third-order valence-electron chi connectivity index (χ3n) is 0. The molecule has 122 valence electrons. The van der Waals surface area contributed by atoms with Gasteiger partial charge in [0.1, 0.15) is 0 Å². The first-order valence-electron chi connectivity index (χ1n) is 3.10. The van der Waals surface area contributed by atoms with Crippen molar-refractivity contribution in [2.24, 2.45) is 0 Å². The monoisotopic (exact) mass is 326 g/mol. The molecule has 0 aromatic rings. The van der Waals surface area contributed by atoms with Crippen LogP contribution in [0, 0.1) is 0 Å². The van der Waals surface area contributed by atoms with E-state index in [-0.39, 0.29) is 47.4 Å². The van der Waals surface area contributed by atoms with Gasteiger partial charge in [-0.1, -0.05) is 0 Å². The molecule has 0 saturated heterocycles. The minimum absolute atomic E-state index is 0. The van der Waals surface area contributed by atoms with Gasteiger partial charge in [-0.2, -0.15) is 0 Å². The van der Waals surface area contributed by atoms with Crippen LogP contribution in [0.15, 0.2) is 0 Å². The molecule has 0 aliphatic carbocycles. The van der Waals surface area contributed by atoms with Crippen molar-refractivity contribution in [1.29, 1.82) is 0 Å². The number of rotatable bonds is 0. The first-order chi connectivity index (χ1) is 6.93. The molecule has 20 heavy (non-hydrogen) atoms. The summed E-state index contributed by atoms with van der Waals surface area (Å²) in [4.78, 5) is 0. The number of hydrogen-bond donors (Lipinski definition) is 12. The van der Waals surface area contributed by atoms with Crippen LogP contribution < -0.4 is 29.6 Å². The maximum absolute atomic E-state index is 7.17. The van der Waals surface area contributed by atoms with E-state index in [9.17, 15) is 0 Å². The average molecular weight is 325 g/mol. The van der Waals surface area contributed by atoms with Crippen LogP contribution in [0.1, 0.15) is 1.43 Å². The van der Waals surface area contributed by atoms with Crippen molar-refractivity contribution in [3.05, 3.63) is 0 Å². The maximum atomic E-state index is 7.17. The molecular formula is H19B4NaO15. The SMILES string of the molecule is O.O.O.OB(O)O.OB(O)O.OB(O)O.OB(O)O.[H-].[Na+]. The minimum Gasteiger partial charge on any atom is -1.00 e. The van der Waals surface area contributed by atoms with Crippen LogP contribution in [0.2, 0.25) is 0 Å². The topological polar surface area (TPSA) is 337 Å².